The Kier molecular flexibility index (Phi) is 4.41. The maximum Gasteiger partial charge on any atom is 0.274 e. The van der Waals surface area contributed by atoms with E-state index < -0.39 is 0 Å². The summed E-state index contributed by atoms with van der Waals surface area (Å²) in [6.45, 7) is 3.78. The van der Waals surface area contributed by atoms with Gasteiger partial charge in [-0.25, -0.2) is 4.98 Å². The third kappa shape index (κ3) is 3.25. The van der Waals surface area contributed by atoms with Gasteiger partial charge in [0.15, 0.2) is 0 Å². The molecule has 2 saturated heterocycles. The summed E-state index contributed by atoms with van der Waals surface area (Å²) in [6, 6.07) is -0.0378. The Hall–Kier alpha value is -2.02. The summed E-state index contributed by atoms with van der Waals surface area (Å²) < 4.78 is 5.72. The molecule has 3 aliphatic rings. The number of carbonyl (C=O) groups is 2. The van der Waals surface area contributed by atoms with Gasteiger partial charge in [-0.2, -0.15) is 0 Å². The van der Waals surface area contributed by atoms with Gasteiger partial charge >= 0.3 is 0 Å². The van der Waals surface area contributed by atoms with Crippen LogP contribution in [-0.2, 0) is 9.53 Å². The van der Waals surface area contributed by atoms with Crippen molar-refractivity contribution in [2.24, 2.45) is 5.92 Å². The van der Waals surface area contributed by atoms with Crippen molar-refractivity contribution in [3.8, 4) is 0 Å². The Bertz CT molecular complexity index is 657. The molecule has 3 fully saturated rings. The molecule has 7 heteroatoms. The van der Waals surface area contributed by atoms with E-state index in [4.69, 9.17) is 4.74 Å². The molecule has 0 N–H and O–H groups in total. The summed E-state index contributed by atoms with van der Waals surface area (Å²) in [5.41, 5.74) is 1.13. The summed E-state index contributed by atoms with van der Waals surface area (Å²) >= 11 is 0. The quantitative estimate of drug-likeness (QED) is 0.818. The molecule has 4 rings (SSSR count). The van der Waals surface area contributed by atoms with Crippen molar-refractivity contribution in [2.75, 3.05) is 26.2 Å². The maximum atomic E-state index is 12.7. The molecular weight excluding hydrogens is 320 g/mol. The Morgan fingerprint density at radius 3 is 2.76 bits per heavy atom. The van der Waals surface area contributed by atoms with Crippen molar-refractivity contribution in [2.45, 2.75) is 44.8 Å². The zero-order valence-corrected chi connectivity index (χ0v) is 14.6. The Labute approximate surface area is 147 Å². The number of aryl methyl sites for hydroxylation is 1. The summed E-state index contributed by atoms with van der Waals surface area (Å²) in [4.78, 5) is 37.1. The highest BCUT2D eigenvalue weighted by atomic mass is 16.5. The van der Waals surface area contributed by atoms with E-state index in [1.54, 1.807) is 11.1 Å². The lowest BCUT2D eigenvalue weighted by atomic mass is 10.0. The number of hydrogen-bond donors (Lipinski definition) is 0. The molecule has 2 aliphatic heterocycles. The summed E-state index contributed by atoms with van der Waals surface area (Å²) in [7, 11) is 0. The Morgan fingerprint density at radius 1 is 1.24 bits per heavy atom. The van der Waals surface area contributed by atoms with E-state index in [1.165, 1.54) is 31.9 Å². The maximum absolute atomic E-state index is 12.7. The second-order valence-corrected chi connectivity index (χ2v) is 7.37. The normalized spacial score (nSPS) is 27.0. The van der Waals surface area contributed by atoms with Gasteiger partial charge in [0.05, 0.1) is 24.0 Å². The van der Waals surface area contributed by atoms with Gasteiger partial charge in [0, 0.05) is 25.8 Å². The van der Waals surface area contributed by atoms with Crippen LogP contribution < -0.4 is 0 Å². The average Bonchev–Trinajstić information content (AvgIpc) is 3.27. The zero-order chi connectivity index (χ0) is 17.4. The first kappa shape index (κ1) is 16.4. The van der Waals surface area contributed by atoms with E-state index in [-0.39, 0.29) is 30.6 Å². The standard InChI is InChI=1S/C18H24N4O3/c1-12-6-20-14(7-19-12)18(24)21-9-15-16(10-21)25-11-17(23)22(15)8-13-4-2-3-5-13/h6-7,13,15-16H,2-5,8-11H2,1H3/t15-,16-/m1/s1. The van der Waals surface area contributed by atoms with Crippen LogP contribution in [0.5, 0.6) is 0 Å². The van der Waals surface area contributed by atoms with Crippen LogP contribution in [0.3, 0.4) is 0 Å². The van der Waals surface area contributed by atoms with Crippen molar-refractivity contribution in [1.29, 1.82) is 0 Å². The van der Waals surface area contributed by atoms with Crippen molar-refractivity contribution >= 4 is 11.8 Å². The van der Waals surface area contributed by atoms with Crippen LogP contribution in [0.4, 0.5) is 0 Å². The van der Waals surface area contributed by atoms with E-state index >= 15 is 0 Å². The fourth-order valence-electron chi connectivity index (χ4n) is 4.21. The molecule has 1 saturated carbocycles. The van der Waals surface area contributed by atoms with Gasteiger partial charge in [-0.05, 0) is 25.7 Å². The SMILES string of the molecule is Cc1cnc(C(=O)N2C[C@@H]3[C@@H](C2)OCC(=O)N3CC2CCCC2)cn1. The highest BCUT2D eigenvalue weighted by Crippen LogP contribution is 2.30. The van der Waals surface area contributed by atoms with E-state index in [0.717, 1.165) is 12.2 Å². The third-order valence-electron chi connectivity index (χ3n) is 5.60. The molecule has 1 aromatic heterocycles. The van der Waals surface area contributed by atoms with Crippen LogP contribution in [0.2, 0.25) is 0 Å². The van der Waals surface area contributed by atoms with Crippen LogP contribution in [0.15, 0.2) is 12.4 Å². The first-order chi connectivity index (χ1) is 12.1. The van der Waals surface area contributed by atoms with E-state index in [0.29, 0.717) is 24.7 Å². The van der Waals surface area contributed by atoms with Crippen LogP contribution in [0.25, 0.3) is 0 Å². The fourth-order valence-corrected chi connectivity index (χ4v) is 4.21. The van der Waals surface area contributed by atoms with Crippen molar-refractivity contribution in [1.82, 2.24) is 19.8 Å². The average molecular weight is 344 g/mol. The number of fused-ring (bicyclic) bond motifs is 1. The second-order valence-electron chi connectivity index (χ2n) is 7.37. The lowest BCUT2D eigenvalue weighted by Gasteiger charge is -2.38. The molecule has 3 heterocycles. The monoisotopic (exact) mass is 344 g/mol. The Morgan fingerprint density at radius 2 is 2.04 bits per heavy atom. The lowest BCUT2D eigenvalue weighted by Crippen LogP contribution is -2.55. The van der Waals surface area contributed by atoms with Crippen molar-refractivity contribution in [3.63, 3.8) is 0 Å². The molecule has 134 valence electrons. The minimum atomic E-state index is -0.140. The van der Waals surface area contributed by atoms with Crippen molar-refractivity contribution in [3.05, 3.63) is 23.8 Å². The molecule has 0 spiro atoms. The fraction of sp³-hybridized carbons (Fsp3) is 0.667. The molecule has 2 atom stereocenters. The molecular formula is C18H24N4O3. The van der Waals surface area contributed by atoms with Crippen molar-refractivity contribution < 1.29 is 14.3 Å². The number of nitrogens with zero attached hydrogens (tertiary/aromatic N) is 4. The predicted octanol–water partition coefficient (Wildman–Crippen LogP) is 1.03. The number of ether oxygens (including phenoxy) is 1. The molecule has 1 aromatic rings. The van der Waals surface area contributed by atoms with Gasteiger partial charge in [0.25, 0.3) is 5.91 Å². The number of amides is 2. The highest BCUT2D eigenvalue weighted by molar-refractivity contribution is 5.92. The highest BCUT2D eigenvalue weighted by Gasteiger charge is 2.45. The summed E-state index contributed by atoms with van der Waals surface area (Å²) in [5.74, 6) is 0.506. The smallest absolute Gasteiger partial charge is 0.274 e. The lowest BCUT2D eigenvalue weighted by molar-refractivity contribution is -0.153. The van der Waals surface area contributed by atoms with Gasteiger partial charge in [-0.1, -0.05) is 12.8 Å². The predicted molar refractivity (Wildman–Crippen MR) is 89.9 cm³/mol. The first-order valence-corrected chi connectivity index (χ1v) is 9.11. The topological polar surface area (TPSA) is 75.6 Å². The van der Waals surface area contributed by atoms with Crippen LogP contribution in [0.1, 0.15) is 41.9 Å². The first-order valence-electron chi connectivity index (χ1n) is 9.11. The van der Waals surface area contributed by atoms with Crippen LogP contribution in [0, 0.1) is 12.8 Å². The minimum absolute atomic E-state index is 0.0378. The number of aromatic nitrogens is 2. The number of morpholine rings is 1. The minimum Gasteiger partial charge on any atom is -0.364 e. The molecule has 2 amide bonds. The molecule has 0 radical (unpaired) electrons. The van der Waals surface area contributed by atoms with E-state index in [1.807, 2.05) is 11.8 Å². The summed E-state index contributed by atoms with van der Waals surface area (Å²) in [6.07, 6.45) is 7.93. The molecule has 0 aromatic carbocycles. The molecule has 0 bridgehead atoms. The second kappa shape index (κ2) is 6.71. The van der Waals surface area contributed by atoms with Gasteiger partial charge < -0.3 is 14.5 Å². The number of likely N-dealkylation sites (tertiary alicyclic amines) is 1. The zero-order valence-electron chi connectivity index (χ0n) is 14.6. The van der Waals surface area contributed by atoms with E-state index in [9.17, 15) is 9.59 Å². The Balaban J connectivity index is 1.47. The molecule has 7 nitrogen and oxygen atoms in total. The van der Waals surface area contributed by atoms with Crippen LogP contribution in [-0.4, -0.2) is 70.0 Å². The largest absolute Gasteiger partial charge is 0.364 e. The van der Waals surface area contributed by atoms with E-state index in [2.05, 4.69) is 9.97 Å². The molecule has 0 unspecified atom stereocenters. The summed E-state index contributed by atoms with van der Waals surface area (Å²) in [5, 5.41) is 0. The number of carbonyl (C=O) groups excluding carboxylic acids is 2. The number of hydrogen-bond acceptors (Lipinski definition) is 5. The number of rotatable bonds is 3. The third-order valence-corrected chi connectivity index (χ3v) is 5.60. The van der Waals surface area contributed by atoms with Crippen LogP contribution >= 0.6 is 0 Å². The van der Waals surface area contributed by atoms with Gasteiger partial charge in [0.2, 0.25) is 5.91 Å². The van der Waals surface area contributed by atoms with Gasteiger partial charge in [-0.3, -0.25) is 14.6 Å². The molecule has 25 heavy (non-hydrogen) atoms. The molecule has 1 aliphatic carbocycles. The van der Waals surface area contributed by atoms with Gasteiger partial charge in [-0.15, -0.1) is 0 Å². The van der Waals surface area contributed by atoms with Gasteiger partial charge in [0.1, 0.15) is 12.3 Å².